The van der Waals surface area contributed by atoms with Crippen molar-refractivity contribution in [3.8, 4) is 17.4 Å². The van der Waals surface area contributed by atoms with E-state index in [0.29, 0.717) is 11.1 Å². The molecule has 1 aromatic carbocycles. The molecule has 0 aromatic heterocycles. The van der Waals surface area contributed by atoms with Gasteiger partial charge >= 0.3 is 0 Å². The molecule has 0 heterocycles. The first-order valence-electron chi connectivity index (χ1n) is 2.99. The third kappa shape index (κ3) is 1.74. The number of benzene rings is 1. The zero-order valence-corrected chi connectivity index (χ0v) is 6.39. The highest BCUT2D eigenvalue weighted by Gasteiger charge is 1.94. The summed E-state index contributed by atoms with van der Waals surface area (Å²) in [5.41, 5.74) is 1.23. The summed E-state index contributed by atoms with van der Waals surface area (Å²) >= 11 is 5.19. The van der Waals surface area contributed by atoms with Crippen molar-refractivity contribution >= 4 is 11.6 Å². The van der Waals surface area contributed by atoms with Crippen LogP contribution < -0.4 is 0 Å². The van der Waals surface area contributed by atoms with Gasteiger partial charge in [0, 0.05) is 10.9 Å². The highest BCUT2D eigenvalue weighted by molar-refractivity contribution is 6.30. The van der Waals surface area contributed by atoms with Crippen LogP contribution >= 0.6 is 11.6 Å². The minimum atomic E-state index is 0.556. The standard InChI is InChI=1S/C9H4ClN/c10-6-5-8-3-1-2-4-9(8)7-11/h1-4H. The molecule has 0 aliphatic carbocycles. The third-order valence-electron chi connectivity index (χ3n) is 1.23. The van der Waals surface area contributed by atoms with Crippen LogP contribution in [-0.2, 0) is 0 Å². The molecule has 1 nitrogen and oxygen atoms in total. The lowest BCUT2D eigenvalue weighted by Gasteiger charge is -1.90. The molecule has 0 unspecified atom stereocenters. The van der Waals surface area contributed by atoms with E-state index in [9.17, 15) is 0 Å². The molecule has 0 amide bonds. The van der Waals surface area contributed by atoms with Crippen LogP contribution in [0.5, 0.6) is 0 Å². The Morgan fingerprint density at radius 2 is 1.82 bits per heavy atom. The maximum atomic E-state index is 8.58. The Labute approximate surface area is 70.2 Å². The topological polar surface area (TPSA) is 23.8 Å². The van der Waals surface area contributed by atoms with E-state index >= 15 is 0 Å². The van der Waals surface area contributed by atoms with Crippen molar-refractivity contribution in [3.05, 3.63) is 35.4 Å². The highest BCUT2D eigenvalue weighted by Crippen LogP contribution is 2.04. The quantitative estimate of drug-likeness (QED) is 0.535. The van der Waals surface area contributed by atoms with Crippen LogP contribution in [0.4, 0.5) is 0 Å². The smallest absolute Gasteiger partial charge is 0.100 e. The molecule has 2 heteroatoms. The van der Waals surface area contributed by atoms with Crippen LogP contribution in [0.25, 0.3) is 0 Å². The van der Waals surface area contributed by atoms with Crippen molar-refractivity contribution in [1.82, 2.24) is 0 Å². The Hall–Kier alpha value is -1.44. The van der Waals surface area contributed by atoms with E-state index in [1.807, 2.05) is 12.1 Å². The Morgan fingerprint density at radius 3 is 2.36 bits per heavy atom. The molecule has 0 radical (unpaired) electrons. The Morgan fingerprint density at radius 1 is 1.18 bits per heavy atom. The fourth-order valence-electron chi connectivity index (χ4n) is 0.741. The monoisotopic (exact) mass is 161 g/mol. The van der Waals surface area contributed by atoms with Crippen LogP contribution in [0, 0.1) is 22.6 Å². The van der Waals surface area contributed by atoms with Gasteiger partial charge in [-0.05, 0) is 29.7 Å². The molecule has 0 spiro atoms. The molecule has 52 valence electrons. The lowest BCUT2D eigenvalue weighted by molar-refractivity contribution is 1.47. The van der Waals surface area contributed by atoms with Crippen molar-refractivity contribution in [2.75, 3.05) is 0 Å². The molecule has 0 saturated heterocycles. The van der Waals surface area contributed by atoms with E-state index < -0.39 is 0 Å². The summed E-state index contributed by atoms with van der Waals surface area (Å²) in [7, 11) is 0. The molecule has 0 saturated carbocycles. The van der Waals surface area contributed by atoms with Gasteiger partial charge in [-0.3, -0.25) is 0 Å². The Balaban J connectivity index is 3.22. The first-order valence-corrected chi connectivity index (χ1v) is 3.37. The zero-order chi connectivity index (χ0) is 8.10. The summed E-state index contributed by atoms with van der Waals surface area (Å²) in [4.78, 5) is 0. The maximum Gasteiger partial charge on any atom is 0.100 e. The van der Waals surface area contributed by atoms with Gasteiger partial charge in [-0.2, -0.15) is 5.26 Å². The fourth-order valence-corrected chi connectivity index (χ4v) is 0.842. The predicted molar refractivity (Wildman–Crippen MR) is 43.9 cm³/mol. The van der Waals surface area contributed by atoms with Crippen LogP contribution in [0.2, 0.25) is 0 Å². The summed E-state index contributed by atoms with van der Waals surface area (Å²) in [5.74, 6) is 2.62. The predicted octanol–water partition coefficient (Wildman–Crippen LogP) is 2.11. The summed E-state index contributed by atoms with van der Waals surface area (Å²) in [6.45, 7) is 0. The second kappa shape index (κ2) is 3.66. The molecular formula is C9H4ClN. The average Bonchev–Trinajstić information content (AvgIpc) is 2.06. The van der Waals surface area contributed by atoms with Gasteiger partial charge in [0.2, 0.25) is 0 Å². The number of nitrogens with zero attached hydrogens (tertiary/aromatic N) is 1. The van der Waals surface area contributed by atoms with Gasteiger partial charge in [0.25, 0.3) is 0 Å². The molecule has 1 rings (SSSR count). The molecule has 0 aliphatic heterocycles. The number of hydrogen-bond donors (Lipinski definition) is 0. The summed E-state index contributed by atoms with van der Waals surface area (Å²) < 4.78 is 0. The molecule has 0 atom stereocenters. The minimum absolute atomic E-state index is 0.556. The number of halogens is 1. The largest absolute Gasteiger partial charge is 0.192 e. The van der Waals surface area contributed by atoms with E-state index in [-0.39, 0.29) is 0 Å². The van der Waals surface area contributed by atoms with Gasteiger partial charge < -0.3 is 0 Å². The van der Waals surface area contributed by atoms with E-state index in [2.05, 4.69) is 11.3 Å². The number of rotatable bonds is 0. The Kier molecular flexibility index (Phi) is 2.55. The van der Waals surface area contributed by atoms with Gasteiger partial charge in [0.1, 0.15) is 6.07 Å². The molecule has 0 fully saturated rings. The summed E-state index contributed by atoms with van der Waals surface area (Å²) in [6.07, 6.45) is 0. The summed E-state index contributed by atoms with van der Waals surface area (Å²) in [5, 5.41) is 10.8. The highest BCUT2D eigenvalue weighted by atomic mass is 35.5. The number of hydrogen-bond acceptors (Lipinski definition) is 1. The lowest BCUT2D eigenvalue weighted by atomic mass is 10.1. The molecule has 0 aliphatic rings. The minimum Gasteiger partial charge on any atom is -0.192 e. The summed E-state index contributed by atoms with van der Waals surface area (Å²) in [6, 6.07) is 9.09. The van der Waals surface area contributed by atoms with Crippen molar-refractivity contribution in [2.45, 2.75) is 0 Å². The average molecular weight is 162 g/mol. The van der Waals surface area contributed by atoms with Crippen LogP contribution in [-0.4, -0.2) is 0 Å². The van der Waals surface area contributed by atoms with E-state index in [0.717, 1.165) is 0 Å². The van der Waals surface area contributed by atoms with E-state index in [1.165, 1.54) is 0 Å². The molecule has 0 bridgehead atoms. The first-order chi connectivity index (χ1) is 5.38. The molecule has 11 heavy (non-hydrogen) atoms. The van der Waals surface area contributed by atoms with Crippen molar-refractivity contribution < 1.29 is 0 Å². The zero-order valence-electron chi connectivity index (χ0n) is 5.63. The van der Waals surface area contributed by atoms with Crippen LogP contribution in [0.1, 0.15) is 11.1 Å². The van der Waals surface area contributed by atoms with Gasteiger partial charge in [0.05, 0.1) is 5.56 Å². The molecule has 1 aromatic rings. The van der Waals surface area contributed by atoms with Crippen molar-refractivity contribution in [3.63, 3.8) is 0 Å². The third-order valence-corrected chi connectivity index (χ3v) is 1.32. The van der Waals surface area contributed by atoms with Gasteiger partial charge in [0.15, 0.2) is 0 Å². The van der Waals surface area contributed by atoms with Gasteiger partial charge in [-0.25, -0.2) is 0 Å². The normalized spacial score (nSPS) is 7.64. The lowest BCUT2D eigenvalue weighted by Crippen LogP contribution is -1.80. The Bertz CT molecular complexity index is 352. The van der Waals surface area contributed by atoms with Crippen LogP contribution in [0.3, 0.4) is 0 Å². The molecule has 0 N–H and O–H groups in total. The van der Waals surface area contributed by atoms with E-state index in [4.69, 9.17) is 16.9 Å². The van der Waals surface area contributed by atoms with Crippen LogP contribution in [0.15, 0.2) is 24.3 Å². The van der Waals surface area contributed by atoms with Gasteiger partial charge in [-0.15, -0.1) is 0 Å². The number of nitriles is 1. The maximum absolute atomic E-state index is 8.58. The van der Waals surface area contributed by atoms with Gasteiger partial charge in [-0.1, -0.05) is 12.1 Å². The second-order valence-electron chi connectivity index (χ2n) is 1.88. The fraction of sp³-hybridized carbons (Fsp3) is 0. The second-order valence-corrected chi connectivity index (χ2v) is 2.07. The SMILES string of the molecule is N#Cc1ccccc1C#CCl. The molecular weight excluding hydrogens is 158 g/mol. The van der Waals surface area contributed by atoms with E-state index in [1.54, 1.807) is 18.2 Å². The van der Waals surface area contributed by atoms with Crippen molar-refractivity contribution in [2.24, 2.45) is 0 Å². The first kappa shape index (κ1) is 7.66. The van der Waals surface area contributed by atoms with Crippen molar-refractivity contribution in [1.29, 1.82) is 5.26 Å².